The number of hydrogen-bond donors (Lipinski definition) is 1. The van der Waals surface area contributed by atoms with Gasteiger partial charge in [0.1, 0.15) is 0 Å². The Bertz CT molecular complexity index is 975. The lowest BCUT2D eigenvalue weighted by molar-refractivity contribution is -0.122. The van der Waals surface area contributed by atoms with E-state index in [1.54, 1.807) is 0 Å². The predicted molar refractivity (Wildman–Crippen MR) is 162 cm³/mol. The Morgan fingerprint density at radius 1 is 0.737 bits per heavy atom. The Morgan fingerprint density at radius 3 is 1.89 bits per heavy atom. The van der Waals surface area contributed by atoms with Gasteiger partial charge in [-0.05, 0) is 54.2 Å². The molecule has 0 bridgehead atoms. The van der Waals surface area contributed by atoms with Crippen molar-refractivity contribution in [1.82, 2.24) is 0 Å². The minimum Gasteiger partial charge on any atom is -0.504 e. The fourth-order valence-electron chi connectivity index (χ4n) is 6.13. The van der Waals surface area contributed by atoms with Crippen molar-refractivity contribution < 1.29 is 9.90 Å². The number of aliphatic hydroxyl groups is 1. The van der Waals surface area contributed by atoms with Gasteiger partial charge in [-0.1, -0.05) is 151 Å². The van der Waals surface area contributed by atoms with Gasteiger partial charge >= 0.3 is 0 Å². The molecule has 3 rings (SSSR count). The fourth-order valence-corrected chi connectivity index (χ4v) is 6.13. The van der Waals surface area contributed by atoms with Gasteiger partial charge in [-0.2, -0.15) is 0 Å². The smallest absolute Gasteiger partial charge is 0.204 e. The molecule has 0 radical (unpaired) electrons. The van der Waals surface area contributed by atoms with Crippen LogP contribution in [0, 0.1) is 11.8 Å². The van der Waals surface area contributed by atoms with E-state index in [0.717, 1.165) is 19.3 Å². The number of benzene rings is 2. The summed E-state index contributed by atoms with van der Waals surface area (Å²) in [6.45, 7) is 4.55. The van der Waals surface area contributed by atoms with Crippen molar-refractivity contribution in [2.24, 2.45) is 11.8 Å². The monoisotopic (exact) mass is 514 g/mol. The molecule has 0 heterocycles. The standard InChI is InChI=1S/C36H50O2/c1-3-4-5-6-7-8-9-10-11-14-24-32(31-22-17-13-18-23-31)28-33(34-25-19-26-35(37)36(34)38)27-29(2)30-20-15-12-16-21-30/h12-13,15-23,25-26,29,32-34,37H,3-11,14,24,27-28H2,1-2H3. The second-order valence-electron chi connectivity index (χ2n) is 11.4. The summed E-state index contributed by atoms with van der Waals surface area (Å²) in [6, 6.07) is 21.5. The van der Waals surface area contributed by atoms with Crippen molar-refractivity contribution in [2.75, 3.05) is 0 Å². The minimum atomic E-state index is -0.259. The molecular weight excluding hydrogens is 464 g/mol. The second kappa shape index (κ2) is 17.1. The number of aliphatic hydroxyl groups excluding tert-OH is 1. The van der Waals surface area contributed by atoms with Crippen LogP contribution in [0.3, 0.4) is 0 Å². The molecule has 206 valence electrons. The number of Topliss-reactive ketones (excluding diaryl/α,β-unsaturated/α-hetero) is 1. The molecule has 1 N–H and O–H groups in total. The minimum absolute atomic E-state index is 0.0965. The van der Waals surface area contributed by atoms with E-state index >= 15 is 0 Å². The maximum atomic E-state index is 13.1. The largest absolute Gasteiger partial charge is 0.504 e. The van der Waals surface area contributed by atoms with E-state index in [1.807, 2.05) is 12.2 Å². The lowest BCUT2D eigenvalue weighted by Crippen LogP contribution is -2.28. The molecule has 2 nitrogen and oxygen atoms in total. The molecule has 2 aromatic carbocycles. The van der Waals surface area contributed by atoms with Crippen molar-refractivity contribution in [1.29, 1.82) is 0 Å². The molecule has 2 heteroatoms. The van der Waals surface area contributed by atoms with Gasteiger partial charge in [-0.3, -0.25) is 4.79 Å². The third-order valence-electron chi connectivity index (χ3n) is 8.42. The summed E-state index contributed by atoms with van der Waals surface area (Å²) in [5.74, 6) is 0.476. The van der Waals surface area contributed by atoms with E-state index < -0.39 is 0 Å². The van der Waals surface area contributed by atoms with Crippen LogP contribution in [0.15, 0.2) is 84.7 Å². The van der Waals surface area contributed by atoms with E-state index in [1.165, 1.54) is 81.4 Å². The fraction of sp³-hybridized carbons (Fsp3) is 0.528. The summed E-state index contributed by atoms with van der Waals surface area (Å²) in [4.78, 5) is 13.1. The molecule has 4 unspecified atom stereocenters. The van der Waals surface area contributed by atoms with Crippen LogP contribution >= 0.6 is 0 Å². The second-order valence-corrected chi connectivity index (χ2v) is 11.4. The predicted octanol–water partition coefficient (Wildman–Crippen LogP) is 10.5. The van der Waals surface area contributed by atoms with Gasteiger partial charge in [0.15, 0.2) is 5.76 Å². The summed E-state index contributed by atoms with van der Waals surface area (Å²) in [7, 11) is 0. The molecule has 4 atom stereocenters. The number of unbranched alkanes of at least 4 members (excludes halogenated alkanes) is 9. The zero-order valence-corrected chi connectivity index (χ0v) is 23.9. The van der Waals surface area contributed by atoms with Crippen LogP contribution in [0.1, 0.15) is 120 Å². The molecule has 2 aromatic rings. The van der Waals surface area contributed by atoms with E-state index in [-0.39, 0.29) is 23.4 Å². The SMILES string of the molecule is CCCCCCCCCCCCC(CC(CC(C)c1ccccc1)C1C=CC=C(O)C1=O)c1ccccc1. The first-order valence-corrected chi connectivity index (χ1v) is 15.3. The molecule has 0 aromatic heterocycles. The molecule has 0 amide bonds. The van der Waals surface area contributed by atoms with Crippen LogP contribution in [-0.2, 0) is 4.79 Å². The summed E-state index contributed by atoms with van der Waals surface area (Å²) in [6.07, 6.45) is 21.9. The topological polar surface area (TPSA) is 37.3 Å². The van der Waals surface area contributed by atoms with Crippen LogP contribution in [0.4, 0.5) is 0 Å². The summed E-state index contributed by atoms with van der Waals surface area (Å²) in [5.41, 5.74) is 2.70. The van der Waals surface area contributed by atoms with Crippen molar-refractivity contribution in [3.63, 3.8) is 0 Å². The number of rotatable bonds is 18. The van der Waals surface area contributed by atoms with E-state index in [4.69, 9.17) is 0 Å². The normalized spacial score (nSPS) is 17.7. The van der Waals surface area contributed by atoms with Crippen LogP contribution in [0.5, 0.6) is 0 Å². The van der Waals surface area contributed by atoms with Gasteiger partial charge in [0.25, 0.3) is 0 Å². The maximum absolute atomic E-state index is 13.1. The average Bonchev–Trinajstić information content (AvgIpc) is 2.95. The molecule has 0 saturated carbocycles. The highest BCUT2D eigenvalue weighted by Gasteiger charge is 2.33. The Hall–Kier alpha value is -2.61. The highest BCUT2D eigenvalue weighted by Crippen LogP contribution is 2.39. The Balaban J connectivity index is 1.63. The zero-order chi connectivity index (χ0) is 27.0. The number of allylic oxidation sites excluding steroid dienone is 4. The van der Waals surface area contributed by atoms with Gasteiger partial charge in [-0.15, -0.1) is 0 Å². The number of hydrogen-bond acceptors (Lipinski definition) is 2. The molecule has 0 spiro atoms. The first-order valence-electron chi connectivity index (χ1n) is 15.3. The lowest BCUT2D eigenvalue weighted by Gasteiger charge is -2.31. The average molecular weight is 515 g/mol. The first-order chi connectivity index (χ1) is 18.6. The van der Waals surface area contributed by atoms with E-state index in [9.17, 15) is 9.90 Å². The molecule has 1 aliphatic carbocycles. The van der Waals surface area contributed by atoms with Crippen LogP contribution in [-0.4, -0.2) is 10.9 Å². The molecule has 0 fully saturated rings. The van der Waals surface area contributed by atoms with Gasteiger partial charge in [0.05, 0.1) is 0 Å². The van der Waals surface area contributed by atoms with Gasteiger partial charge in [-0.25, -0.2) is 0 Å². The van der Waals surface area contributed by atoms with E-state index in [2.05, 4.69) is 74.5 Å². The van der Waals surface area contributed by atoms with Gasteiger partial charge in [0.2, 0.25) is 5.78 Å². The summed E-state index contributed by atoms with van der Waals surface area (Å²) >= 11 is 0. The Morgan fingerprint density at radius 2 is 1.29 bits per heavy atom. The van der Waals surface area contributed by atoms with Crippen LogP contribution in [0.2, 0.25) is 0 Å². The van der Waals surface area contributed by atoms with Crippen molar-refractivity contribution in [3.05, 3.63) is 95.8 Å². The van der Waals surface area contributed by atoms with Gasteiger partial charge < -0.3 is 5.11 Å². The third kappa shape index (κ3) is 9.93. The van der Waals surface area contributed by atoms with Crippen molar-refractivity contribution in [3.8, 4) is 0 Å². The quantitative estimate of drug-likeness (QED) is 0.201. The van der Waals surface area contributed by atoms with E-state index in [0.29, 0.717) is 11.8 Å². The molecule has 0 aliphatic heterocycles. The number of carbonyl (C=O) groups excluding carboxylic acids is 1. The molecule has 0 saturated heterocycles. The lowest BCUT2D eigenvalue weighted by atomic mass is 9.72. The van der Waals surface area contributed by atoms with Crippen molar-refractivity contribution in [2.45, 2.75) is 109 Å². The number of carbonyl (C=O) groups is 1. The zero-order valence-electron chi connectivity index (χ0n) is 23.9. The first kappa shape index (κ1) is 29.9. The molecule has 1 aliphatic rings. The van der Waals surface area contributed by atoms with Crippen LogP contribution < -0.4 is 0 Å². The third-order valence-corrected chi connectivity index (χ3v) is 8.42. The Kier molecular flexibility index (Phi) is 13.5. The summed E-state index contributed by atoms with van der Waals surface area (Å²) in [5, 5.41) is 10.3. The van der Waals surface area contributed by atoms with Crippen LogP contribution in [0.25, 0.3) is 0 Å². The molecule has 38 heavy (non-hydrogen) atoms. The number of ketones is 1. The van der Waals surface area contributed by atoms with Gasteiger partial charge in [0, 0.05) is 5.92 Å². The highest BCUT2D eigenvalue weighted by atomic mass is 16.3. The summed E-state index contributed by atoms with van der Waals surface area (Å²) < 4.78 is 0. The maximum Gasteiger partial charge on any atom is 0.204 e. The van der Waals surface area contributed by atoms with Crippen molar-refractivity contribution >= 4 is 5.78 Å². The molecular formula is C36H50O2. The Labute approximate surface area is 232 Å². The highest BCUT2D eigenvalue weighted by molar-refractivity contribution is 5.97.